The van der Waals surface area contributed by atoms with Gasteiger partial charge < -0.3 is 9.47 Å². The maximum atomic E-state index is 12.6. The molecular formula is C30H24O4. The number of rotatable bonds is 8. The molecule has 0 spiro atoms. The van der Waals surface area contributed by atoms with Crippen LogP contribution in [-0.4, -0.2) is 18.5 Å². The van der Waals surface area contributed by atoms with Crippen LogP contribution in [-0.2, 0) is 19.1 Å². The second kappa shape index (κ2) is 11.4. The molecular weight excluding hydrogens is 424 g/mol. The highest BCUT2D eigenvalue weighted by molar-refractivity contribution is 5.88. The van der Waals surface area contributed by atoms with Crippen molar-refractivity contribution in [2.24, 2.45) is 0 Å². The number of ether oxygens (including phenoxy) is 2. The van der Waals surface area contributed by atoms with Gasteiger partial charge in [-0.25, -0.2) is 9.59 Å². The van der Waals surface area contributed by atoms with Crippen LogP contribution in [0.4, 0.5) is 0 Å². The minimum Gasteiger partial charge on any atom is -0.458 e. The molecule has 0 radical (unpaired) electrons. The highest BCUT2D eigenvalue weighted by Crippen LogP contribution is 2.24. The maximum absolute atomic E-state index is 12.6. The first-order valence-corrected chi connectivity index (χ1v) is 11.0. The van der Waals surface area contributed by atoms with Crippen molar-refractivity contribution < 1.29 is 19.1 Å². The molecule has 0 unspecified atom stereocenters. The highest BCUT2D eigenvalue weighted by atomic mass is 16.6. The Morgan fingerprint density at radius 1 is 0.647 bits per heavy atom. The smallest absolute Gasteiger partial charge is 0.331 e. The zero-order valence-corrected chi connectivity index (χ0v) is 18.5. The molecule has 168 valence electrons. The van der Waals surface area contributed by atoms with Crippen LogP contribution in [0.25, 0.3) is 22.9 Å². The summed E-state index contributed by atoms with van der Waals surface area (Å²) < 4.78 is 11.1. The van der Waals surface area contributed by atoms with Gasteiger partial charge in [-0.1, -0.05) is 97.1 Å². The molecule has 0 saturated heterocycles. The molecule has 0 fully saturated rings. The van der Waals surface area contributed by atoms with E-state index >= 15 is 0 Å². The molecule has 0 aliphatic carbocycles. The molecule has 4 rings (SSSR count). The summed E-state index contributed by atoms with van der Waals surface area (Å²) >= 11 is 0. The van der Waals surface area contributed by atoms with Crippen molar-refractivity contribution in [2.45, 2.75) is 6.10 Å². The van der Waals surface area contributed by atoms with Crippen molar-refractivity contribution in [2.75, 3.05) is 6.61 Å². The van der Waals surface area contributed by atoms with Crippen molar-refractivity contribution >= 4 is 34.9 Å². The minimum absolute atomic E-state index is 0.0960. The second-order valence-corrected chi connectivity index (χ2v) is 7.65. The zero-order chi connectivity index (χ0) is 23.6. The van der Waals surface area contributed by atoms with Crippen LogP contribution >= 0.6 is 0 Å². The Morgan fingerprint density at radius 3 is 1.85 bits per heavy atom. The summed E-state index contributed by atoms with van der Waals surface area (Å²) in [5.74, 6) is -1.02. The molecule has 4 aromatic rings. The summed E-state index contributed by atoms with van der Waals surface area (Å²) in [4.78, 5) is 24.9. The summed E-state index contributed by atoms with van der Waals surface area (Å²) in [7, 11) is 0. The van der Waals surface area contributed by atoms with Crippen LogP contribution in [0.1, 0.15) is 22.8 Å². The number of fused-ring (bicyclic) bond motifs is 1. The van der Waals surface area contributed by atoms with Crippen molar-refractivity contribution in [3.63, 3.8) is 0 Å². The van der Waals surface area contributed by atoms with Crippen LogP contribution in [0.3, 0.4) is 0 Å². The van der Waals surface area contributed by atoms with E-state index in [1.165, 1.54) is 12.2 Å². The number of esters is 2. The van der Waals surface area contributed by atoms with E-state index in [2.05, 4.69) is 0 Å². The first-order valence-electron chi connectivity index (χ1n) is 11.0. The van der Waals surface area contributed by atoms with E-state index in [1.807, 2.05) is 103 Å². The molecule has 0 saturated carbocycles. The molecule has 34 heavy (non-hydrogen) atoms. The van der Waals surface area contributed by atoms with Gasteiger partial charge in [-0.2, -0.15) is 0 Å². The topological polar surface area (TPSA) is 52.6 Å². The van der Waals surface area contributed by atoms with Gasteiger partial charge in [-0.15, -0.1) is 0 Å². The van der Waals surface area contributed by atoms with E-state index in [0.717, 1.165) is 27.5 Å². The number of hydrogen-bond acceptors (Lipinski definition) is 4. The van der Waals surface area contributed by atoms with Crippen molar-refractivity contribution in [1.82, 2.24) is 0 Å². The molecule has 4 heteroatoms. The molecule has 0 amide bonds. The highest BCUT2D eigenvalue weighted by Gasteiger charge is 2.18. The third kappa shape index (κ3) is 6.53. The molecule has 0 aromatic heterocycles. The van der Waals surface area contributed by atoms with Gasteiger partial charge in [-0.3, -0.25) is 0 Å². The van der Waals surface area contributed by atoms with Crippen LogP contribution in [0.15, 0.2) is 115 Å². The normalized spacial score (nSPS) is 12.1. The average Bonchev–Trinajstić information content (AvgIpc) is 2.89. The summed E-state index contributed by atoms with van der Waals surface area (Å²) in [5.41, 5.74) is 2.53. The van der Waals surface area contributed by atoms with Crippen LogP contribution in [0, 0.1) is 0 Å². The molecule has 1 atom stereocenters. The van der Waals surface area contributed by atoms with Gasteiger partial charge in [0, 0.05) is 12.2 Å². The fraction of sp³-hybridized carbons (Fsp3) is 0.0667. The first kappa shape index (κ1) is 22.7. The summed E-state index contributed by atoms with van der Waals surface area (Å²) in [5, 5.41) is 2.08. The van der Waals surface area contributed by atoms with Crippen molar-refractivity contribution in [3.8, 4) is 0 Å². The first-order chi connectivity index (χ1) is 16.7. The summed E-state index contributed by atoms with van der Waals surface area (Å²) in [6.45, 7) is -0.0960. The Morgan fingerprint density at radius 2 is 1.21 bits per heavy atom. The molecule has 4 nitrogen and oxygen atoms in total. The van der Waals surface area contributed by atoms with Gasteiger partial charge >= 0.3 is 11.9 Å². The number of carbonyl (C=O) groups excluding carboxylic acids is 2. The van der Waals surface area contributed by atoms with E-state index in [0.29, 0.717) is 0 Å². The zero-order valence-electron chi connectivity index (χ0n) is 18.5. The van der Waals surface area contributed by atoms with Gasteiger partial charge in [0.15, 0.2) is 6.10 Å². The Balaban J connectivity index is 1.48. The fourth-order valence-electron chi connectivity index (χ4n) is 3.45. The molecule has 0 heterocycles. The van der Waals surface area contributed by atoms with Crippen LogP contribution in [0.2, 0.25) is 0 Å². The minimum atomic E-state index is -0.744. The quantitative estimate of drug-likeness (QED) is 0.231. The Hall–Kier alpha value is -4.44. The molecule has 0 N–H and O–H groups in total. The molecule has 0 bridgehead atoms. The maximum Gasteiger partial charge on any atom is 0.331 e. The lowest BCUT2D eigenvalue weighted by Gasteiger charge is -2.18. The molecule has 0 aliphatic heterocycles. The Labute approximate surface area is 198 Å². The fourth-order valence-corrected chi connectivity index (χ4v) is 3.45. The third-order valence-electron chi connectivity index (χ3n) is 5.20. The SMILES string of the molecule is O=C(/C=C/c1ccccc1)OC[C@H](OC(=O)/C=C/c1ccccc1)c1ccc2ccccc2c1. The Kier molecular flexibility index (Phi) is 7.65. The standard InChI is InChI=1S/C30H24O4/c31-29(19-15-23-9-3-1-4-10-23)33-22-28(27-18-17-25-13-7-8-14-26(25)21-27)34-30(32)20-16-24-11-5-2-6-12-24/h1-21,28H,22H2/b19-15+,20-16+/t28-/m0/s1. The molecule has 4 aromatic carbocycles. The van der Waals surface area contributed by atoms with Crippen LogP contribution < -0.4 is 0 Å². The lowest BCUT2D eigenvalue weighted by Crippen LogP contribution is -2.17. The number of carbonyl (C=O) groups is 2. The number of benzene rings is 4. The van der Waals surface area contributed by atoms with E-state index in [9.17, 15) is 9.59 Å². The predicted molar refractivity (Wildman–Crippen MR) is 135 cm³/mol. The lowest BCUT2D eigenvalue weighted by molar-refractivity contribution is -0.153. The number of hydrogen-bond donors (Lipinski definition) is 0. The summed E-state index contributed by atoms with van der Waals surface area (Å²) in [6.07, 6.45) is 5.37. The second-order valence-electron chi connectivity index (χ2n) is 7.65. The van der Waals surface area contributed by atoms with Gasteiger partial charge in [0.05, 0.1) is 0 Å². The van der Waals surface area contributed by atoms with Crippen LogP contribution in [0.5, 0.6) is 0 Å². The van der Waals surface area contributed by atoms with Gasteiger partial charge in [-0.05, 0) is 45.7 Å². The van der Waals surface area contributed by atoms with E-state index < -0.39 is 18.0 Å². The monoisotopic (exact) mass is 448 g/mol. The predicted octanol–water partition coefficient (Wildman–Crippen LogP) is 6.39. The lowest BCUT2D eigenvalue weighted by atomic mass is 10.0. The summed E-state index contributed by atoms with van der Waals surface area (Å²) in [6, 6.07) is 32.7. The van der Waals surface area contributed by atoms with E-state index in [1.54, 1.807) is 12.2 Å². The van der Waals surface area contributed by atoms with E-state index in [-0.39, 0.29) is 6.61 Å². The molecule has 0 aliphatic rings. The average molecular weight is 449 g/mol. The largest absolute Gasteiger partial charge is 0.458 e. The van der Waals surface area contributed by atoms with Gasteiger partial charge in [0.2, 0.25) is 0 Å². The third-order valence-corrected chi connectivity index (χ3v) is 5.20. The van der Waals surface area contributed by atoms with Gasteiger partial charge in [0.1, 0.15) is 6.61 Å². The van der Waals surface area contributed by atoms with E-state index in [4.69, 9.17) is 9.47 Å². The van der Waals surface area contributed by atoms with Gasteiger partial charge in [0.25, 0.3) is 0 Å². The van der Waals surface area contributed by atoms with Crippen molar-refractivity contribution in [3.05, 3.63) is 132 Å². The Bertz CT molecular complexity index is 1310. The van der Waals surface area contributed by atoms with Crippen molar-refractivity contribution in [1.29, 1.82) is 0 Å².